The quantitative estimate of drug-likeness (QED) is 0.631. The van der Waals surface area contributed by atoms with E-state index in [4.69, 9.17) is 0 Å². The number of nitrogens with zero attached hydrogens (tertiary/aromatic N) is 1. The lowest BCUT2D eigenvalue weighted by Gasteiger charge is -2.28. The first-order valence-electron chi connectivity index (χ1n) is 6.55. The maximum Gasteiger partial charge on any atom is 0.274 e. The largest absolute Gasteiger partial charge is 0.314 e. The molecular weight excluding hydrogens is 308 g/mol. The van der Waals surface area contributed by atoms with Crippen molar-refractivity contribution in [2.24, 2.45) is 5.92 Å². The summed E-state index contributed by atoms with van der Waals surface area (Å²) in [5.41, 5.74) is 0.995. The summed E-state index contributed by atoms with van der Waals surface area (Å²) in [5.74, 6) is 0.447. The molecule has 5 heteroatoms. The lowest BCUT2D eigenvalue weighted by atomic mass is 9.82. The van der Waals surface area contributed by atoms with Crippen molar-refractivity contribution in [3.8, 4) is 0 Å². The summed E-state index contributed by atoms with van der Waals surface area (Å²) in [6, 6.07) is 5.52. The fourth-order valence-corrected chi connectivity index (χ4v) is 2.96. The van der Waals surface area contributed by atoms with Gasteiger partial charge in [-0.1, -0.05) is 42.8 Å². The van der Waals surface area contributed by atoms with E-state index in [0.717, 1.165) is 16.6 Å². The number of hydrogen-bond donors (Lipinski definition) is 1. The number of benzene rings is 1. The molecule has 0 aromatic heterocycles. The van der Waals surface area contributed by atoms with E-state index in [2.05, 4.69) is 42.0 Å². The lowest BCUT2D eigenvalue weighted by molar-refractivity contribution is -0.385. The Morgan fingerprint density at radius 3 is 2.47 bits per heavy atom. The molecular formula is C14H21BrN2O2. The Hall–Kier alpha value is -0.940. The Morgan fingerprint density at radius 2 is 2.00 bits per heavy atom. The maximum atomic E-state index is 11.2. The molecule has 0 saturated heterocycles. The molecule has 1 N–H and O–H groups in total. The Bertz CT molecular complexity index is 449. The molecule has 0 fully saturated rings. The SMILES string of the molecule is CCNC(C)C(c1ccc(Br)cc1[N+](=O)[O-])C(C)C. The monoisotopic (exact) mass is 328 g/mol. The highest BCUT2D eigenvalue weighted by molar-refractivity contribution is 9.10. The molecule has 0 aliphatic heterocycles. The average Bonchev–Trinajstić information content (AvgIpc) is 2.31. The predicted octanol–water partition coefficient (Wildman–Crippen LogP) is 4.09. The first-order valence-corrected chi connectivity index (χ1v) is 7.35. The van der Waals surface area contributed by atoms with Crippen LogP contribution in [0.3, 0.4) is 0 Å². The van der Waals surface area contributed by atoms with Gasteiger partial charge in [-0.2, -0.15) is 0 Å². The van der Waals surface area contributed by atoms with Crippen molar-refractivity contribution in [1.82, 2.24) is 5.32 Å². The van der Waals surface area contributed by atoms with Crippen LogP contribution in [0.2, 0.25) is 0 Å². The molecule has 0 saturated carbocycles. The van der Waals surface area contributed by atoms with Crippen molar-refractivity contribution in [3.05, 3.63) is 38.3 Å². The van der Waals surface area contributed by atoms with Gasteiger partial charge in [0.2, 0.25) is 0 Å². The van der Waals surface area contributed by atoms with Gasteiger partial charge in [0.1, 0.15) is 0 Å². The number of nitrogens with one attached hydrogen (secondary N) is 1. The first kappa shape index (κ1) is 16.1. The van der Waals surface area contributed by atoms with E-state index in [-0.39, 0.29) is 22.6 Å². The topological polar surface area (TPSA) is 55.2 Å². The van der Waals surface area contributed by atoms with E-state index in [1.807, 2.05) is 19.1 Å². The minimum atomic E-state index is -0.297. The zero-order valence-electron chi connectivity index (χ0n) is 11.8. The molecule has 0 aliphatic carbocycles. The Kier molecular flexibility index (Phi) is 5.94. The van der Waals surface area contributed by atoms with Gasteiger partial charge in [0, 0.05) is 28.1 Å². The molecule has 0 bridgehead atoms. The summed E-state index contributed by atoms with van der Waals surface area (Å²) < 4.78 is 0.738. The fraction of sp³-hybridized carbons (Fsp3) is 0.571. The van der Waals surface area contributed by atoms with E-state index >= 15 is 0 Å². The van der Waals surface area contributed by atoms with Gasteiger partial charge >= 0.3 is 0 Å². The molecule has 1 aromatic carbocycles. The van der Waals surface area contributed by atoms with Gasteiger partial charge in [0.15, 0.2) is 0 Å². The van der Waals surface area contributed by atoms with Crippen LogP contribution in [-0.2, 0) is 0 Å². The molecule has 1 aromatic rings. The number of halogens is 1. The van der Waals surface area contributed by atoms with Crippen molar-refractivity contribution in [2.75, 3.05) is 6.54 Å². The summed E-state index contributed by atoms with van der Waals surface area (Å²) in [6.45, 7) is 9.19. The number of nitro benzene ring substituents is 1. The van der Waals surface area contributed by atoms with Crippen LogP contribution in [0.5, 0.6) is 0 Å². The highest BCUT2D eigenvalue weighted by Crippen LogP contribution is 2.35. The molecule has 2 unspecified atom stereocenters. The van der Waals surface area contributed by atoms with E-state index in [1.54, 1.807) is 6.07 Å². The van der Waals surface area contributed by atoms with Gasteiger partial charge in [0.05, 0.1) is 4.92 Å². The van der Waals surface area contributed by atoms with Crippen LogP contribution in [0.4, 0.5) is 5.69 Å². The van der Waals surface area contributed by atoms with Gasteiger partial charge in [-0.15, -0.1) is 0 Å². The van der Waals surface area contributed by atoms with Gasteiger partial charge in [0.25, 0.3) is 5.69 Å². The minimum absolute atomic E-state index is 0.119. The molecule has 0 radical (unpaired) electrons. The van der Waals surface area contributed by atoms with E-state index in [9.17, 15) is 10.1 Å². The van der Waals surface area contributed by atoms with Crippen molar-refractivity contribution < 1.29 is 4.92 Å². The summed E-state index contributed by atoms with van der Waals surface area (Å²) in [6.07, 6.45) is 0. The van der Waals surface area contributed by atoms with Crippen LogP contribution in [0, 0.1) is 16.0 Å². The van der Waals surface area contributed by atoms with Crippen LogP contribution in [-0.4, -0.2) is 17.5 Å². The van der Waals surface area contributed by atoms with Crippen LogP contribution in [0.25, 0.3) is 0 Å². The zero-order chi connectivity index (χ0) is 14.6. The molecule has 19 heavy (non-hydrogen) atoms. The Labute approximate surface area is 122 Å². The molecule has 0 spiro atoms. The molecule has 0 heterocycles. The third-order valence-electron chi connectivity index (χ3n) is 3.33. The standard InChI is InChI=1S/C14H21BrN2O2/c1-5-16-10(4)14(9(2)3)12-7-6-11(15)8-13(12)17(18)19/h6-10,14,16H,5H2,1-4H3. The third-order valence-corrected chi connectivity index (χ3v) is 3.82. The van der Waals surface area contributed by atoms with Gasteiger partial charge in [-0.05, 0) is 25.5 Å². The number of likely N-dealkylation sites (N-methyl/N-ethyl adjacent to an activating group) is 1. The summed E-state index contributed by atoms with van der Waals surface area (Å²) in [5, 5.41) is 14.6. The molecule has 1 rings (SSSR count). The van der Waals surface area contributed by atoms with Gasteiger partial charge < -0.3 is 5.32 Å². The molecule has 106 valence electrons. The number of hydrogen-bond acceptors (Lipinski definition) is 3. The smallest absolute Gasteiger partial charge is 0.274 e. The number of rotatable bonds is 6. The summed E-state index contributed by atoms with van der Waals surface area (Å²) >= 11 is 3.30. The molecule has 4 nitrogen and oxygen atoms in total. The van der Waals surface area contributed by atoms with E-state index in [1.165, 1.54) is 0 Å². The highest BCUT2D eigenvalue weighted by Gasteiger charge is 2.28. The summed E-state index contributed by atoms with van der Waals surface area (Å²) in [4.78, 5) is 10.9. The molecule has 0 amide bonds. The van der Waals surface area contributed by atoms with E-state index in [0.29, 0.717) is 5.92 Å². The Morgan fingerprint density at radius 1 is 1.37 bits per heavy atom. The third kappa shape index (κ3) is 4.01. The second-order valence-corrected chi connectivity index (χ2v) is 5.99. The highest BCUT2D eigenvalue weighted by atomic mass is 79.9. The summed E-state index contributed by atoms with van der Waals surface area (Å²) in [7, 11) is 0. The van der Waals surface area contributed by atoms with Crippen LogP contribution in [0.1, 0.15) is 39.2 Å². The lowest BCUT2D eigenvalue weighted by Crippen LogP contribution is -2.34. The average molecular weight is 329 g/mol. The first-order chi connectivity index (χ1) is 8.88. The van der Waals surface area contributed by atoms with Gasteiger partial charge in [-0.25, -0.2) is 0 Å². The second kappa shape index (κ2) is 7.01. The van der Waals surface area contributed by atoms with Crippen molar-refractivity contribution >= 4 is 21.6 Å². The fourth-order valence-electron chi connectivity index (χ4n) is 2.61. The Balaban J connectivity index is 3.26. The molecule has 2 atom stereocenters. The van der Waals surface area contributed by atoms with Crippen molar-refractivity contribution in [3.63, 3.8) is 0 Å². The van der Waals surface area contributed by atoms with Crippen LogP contribution < -0.4 is 5.32 Å². The van der Waals surface area contributed by atoms with Gasteiger partial charge in [-0.3, -0.25) is 10.1 Å². The normalized spacial score (nSPS) is 14.4. The van der Waals surface area contributed by atoms with Crippen LogP contribution in [0.15, 0.2) is 22.7 Å². The maximum absolute atomic E-state index is 11.2. The van der Waals surface area contributed by atoms with Crippen molar-refractivity contribution in [2.45, 2.75) is 39.7 Å². The second-order valence-electron chi connectivity index (χ2n) is 5.08. The zero-order valence-corrected chi connectivity index (χ0v) is 13.4. The van der Waals surface area contributed by atoms with Crippen LogP contribution >= 0.6 is 15.9 Å². The molecule has 0 aliphatic rings. The minimum Gasteiger partial charge on any atom is -0.314 e. The number of nitro groups is 1. The van der Waals surface area contributed by atoms with Crippen molar-refractivity contribution in [1.29, 1.82) is 0 Å². The van der Waals surface area contributed by atoms with E-state index < -0.39 is 0 Å². The predicted molar refractivity (Wildman–Crippen MR) is 81.5 cm³/mol.